The van der Waals surface area contributed by atoms with Gasteiger partial charge in [-0.1, -0.05) is 6.07 Å². The smallest absolute Gasteiger partial charge is 0.244 e. The molecule has 0 unspecified atom stereocenters. The van der Waals surface area contributed by atoms with Gasteiger partial charge in [0.25, 0.3) is 5.65 Å². The lowest BCUT2D eigenvalue weighted by Gasteiger charge is -1.91. The zero-order valence-electron chi connectivity index (χ0n) is 6.74. The Balaban J connectivity index is 2.99. The van der Waals surface area contributed by atoms with Gasteiger partial charge in [-0.05, 0) is 13.0 Å². The molecule has 0 radical (unpaired) electrons. The van der Waals surface area contributed by atoms with E-state index in [0.29, 0.717) is 0 Å². The third-order valence-electron chi connectivity index (χ3n) is 1.76. The molecule has 2 aromatic heterocycles. The highest BCUT2D eigenvalue weighted by Gasteiger charge is 2.03. The molecule has 0 amide bonds. The molecular weight excluding hydrogens is 152 g/mol. The van der Waals surface area contributed by atoms with E-state index in [1.54, 1.807) is 16.7 Å². The largest absolute Gasteiger partial charge is 0.342 e. The summed E-state index contributed by atoms with van der Waals surface area (Å²) in [6.45, 7) is 1.87. The van der Waals surface area contributed by atoms with E-state index in [2.05, 4.69) is 4.98 Å². The molecule has 0 aliphatic rings. The topological polar surface area (TPSA) is 35.6 Å². The first-order valence-corrected chi connectivity index (χ1v) is 3.78. The fourth-order valence-corrected chi connectivity index (χ4v) is 1.23. The third kappa shape index (κ3) is 0.993. The Kier molecular flexibility index (Phi) is 1.43. The molecule has 1 N–H and O–H groups in total. The molecule has 2 heterocycles. The molecule has 0 atom stereocenters. The van der Waals surface area contributed by atoms with E-state index in [4.69, 9.17) is 0 Å². The number of hydrogen-bond acceptors (Lipinski definition) is 1. The summed E-state index contributed by atoms with van der Waals surface area (Å²) in [5, 5.41) is 0. The minimum atomic E-state index is 0.00171. The zero-order valence-corrected chi connectivity index (χ0v) is 6.74. The van der Waals surface area contributed by atoms with Crippen LogP contribution in [0, 0.1) is 6.92 Å². The summed E-state index contributed by atoms with van der Waals surface area (Å²) in [4.78, 5) is 14.4. The molecular formula is C9H9N2O+. The van der Waals surface area contributed by atoms with Crippen LogP contribution >= 0.6 is 0 Å². The van der Waals surface area contributed by atoms with E-state index in [-0.39, 0.29) is 5.56 Å². The van der Waals surface area contributed by atoms with Gasteiger partial charge in [-0.3, -0.25) is 0 Å². The first kappa shape index (κ1) is 7.03. The molecule has 0 saturated heterocycles. The first-order chi connectivity index (χ1) is 5.77. The summed E-state index contributed by atoms with van der Waals surface area (Å²) in [5.74, 6) is 0. The van der Waals surface area contributed by atoms with Gasteiger partial charge in [0.2, 0.25) is 0 Å². The lowest BCUT2D eigenvalue weighted by atomic mass is 10.4. The number of nitrogens with zero attached hydrogens (tertiary/aromatic N) is 1. The average Bonchev–Trinajstić information content (AvgIpc) is 2.04. The number of hydrogen-bond donors (Lipinski definition) is 0. The quantitative estimate of drug-likeness (QED) is 0.551. The van der Waals surface area contributed by atoms with E-state index >= 15 is 0 Å². The molecule has 0 bridgehead atoms. The predicted octanol–water partition coefficient (Wildman–Crippen LogP) is 0.422. The zero-order chi connectivity index (χ0) is 8.55. The van der Waals surface area contributed by atoms with Crippen LogP contribution in [0.5, 0.6) is 0 Å². The maximum Gasteiger partial charge on any atom is 0.342 e. The minimum Gasteiger partial charge on any atom is -0.244 e. The van der Waals surface area contributed by atoms with Crippen molar-refractivity contribution in [2.24, 2.45) is 0 Å². The molecule has 2 rings (SSSR count). The van der Waals surface area contributed by atoms with E-state index in [9.17, 15) is 4.79 Å². The summed E-state index contributed by atoms with van der Waals surface area (Å²) in [6, 6.07) is 7.17. The van der Waals surface area contributed by atoms with Gasteiger partial charge in [-0.25, -0.2) is 9.78 Å². The lowest BCUT2D eigenvalue weighted by Crippen LogP contribution is -2.23. The average molecular weight is 161 g/mol. The van der Waals surface area contributed by atoms with Crippen LogP contribution in [-0.2, 0) is 0 Å². The molecule has 0 saturated carbocycles. The molecule has 3 heteroatoms. The molecule has 0 fully saturated rings. The fraction of sp³-hybridized carbons (Fsp3) is 0.111. The number of aryl methyl sites for hydroxylation is 1. The van der Waals surface area contributed by atoms with E-state index in [0.717, 1.165) is 11.3 Å². The maximum atomic E-state index is 11.3. The Morgan fingerprint density at radius 3 is 3.08 bits per heavy atom. The summed E-state index contributed by atoms with van der Waals surface area (Å²) in [7, 11) is 0. The van der Waals surface area contributed by atoms with Crippen molar-refractivity contribution in [3.63, 3.8) is 0 Å². The van der Waals surface area contributed by atoms with Gasteiger partial charge in [-0.2, -0.15) is 4.40 Å². The van der Waals surface area contributed by atoms with Gasteiger partial charge < -0.3 is 0 Å². The van der Waals surface area contributed by atoms with Crippen LogP contribution in [0.4, 0.5) is 0 Å². The number of aromatic amines is 1. The van der Waals surface area contributed by atoms with Gasteiger partial charge in [0.1, 0.15) is 5.69 Å². The van der Waals surface area contributed by atoms with Crippen molar-refractivity contribution in [2.45, 2.75) is 6.92 Å². The lowest BCUT2D eigenvalue weighted by molar-refractivity contribution is -0.360. The minimum absolute atomic E-state index is 0.00171. The highest BCUT2D eigenvalue weighted by atomic mass is 16.1. The van der Waals surface area contributed by atoms with Crippen molar-refractivity contribution in [1.29, 1.82) is 0 Å². The Hall–Kier alpha value is -1.64. The number of H-pyrrole nitrogens is 1. The third-order valence-corrected chi connectivity index (χ3v) is 1.76. The van der Waals surface area contributed by atoms with Crippen LogP contribution in [0.2, 0.25) is 0 Å². The molecule has 0 aliphatic heterocycles. The molecule has 60 valence electrons. The molecule has 0 aliphatic carbocycles. The maximum absolute atomic E-state index is 11.3. The van der Waals surface area contributed by atoms with Gasteiger partial charge >= 0.3 is 5.56 Å². The fourth-order valence-electron chi connectivity index (χ4n) is 1.23. The number of pyridine rings is 1. The van der Waals surface area contributed by atoms with Crippen molar-refractivity contribution >= 4 is 5.65 Å². The highest BCUT2D eigenvalue weighted by molar-refractivity contribution is 5.30. The first-order valence-electron chi connectivity index (χ1n) is 3.78. The van der Waals surface area contributed by atoms with Crippen LogP contribution in [0.3, 0.4) is 0 Å². The second-order valence-electron chi connectivity index (χ2n) is 2.75. The summed E-state index contributed by atoms with van der Waals surface area (Å²) in [5.41, 5.74) is 1.70. The standard InChI is InChI=1S/C9H8N2O/c1-7-6-9(12)11-5-3-2-4-8(11)10-7/h2-6H,1H3/p+1. The predicted molar refractivity (Wildman–Crippen MR) is 45.0 cm³/mol. The van der Waals surface area contributed by atoms with Gasteiger partial charge in [0.15, 0.2) is 0 Å². The van der Waals surface area contributed by atoms with Crippen molar-refractivity contribution in [3.8, 4) is 0 Å². The second kappa shape index (κ2) is 2.44. The second-order valence-corrected chi connectivity index (χ2v) is 2.75. The molecule has 12 heavy (non-hydrogen) atoms. The van der Waals surface area contributed by atoms with Gasteiger partial charge in [0, 0.05) is 6.07 Å². The van der Waals surface area contributed by atoms with Crippen LogP contribution in [0.25, 0.3) is 5.65 Å². The number of rotatable bonds is 0. The summed E-state index contributed by atoms with van der Waals surface area (Å²) >= 11 is 0. The van der Waals surface area contributed by atoms with Crippen molar-refractivity contribution in [2.75, 3.05) is 0 Å². The van der Waals surface area contributed by atoms with Gasteiger partial charge in [0.05, 0.1) is 12.3 Å². The van der Waals surface area contributed by atoms with Crippen molar-refractivity contribution in [3.05, 3.63) is 46.5 Å². The van der Waals surface area contributed by atoms with Crippen LogP contribution in [0.1, 0.15) is 5.69 Å². The molecule has 2 aromatic rings. The van der Waals surface area contributed by atoms with Crippen molar-refractivity contribution in [1.82, 2.24) is 4.40 Å². The van der Waals surface area contributed by atoms with Crippen LogP contribution in [-0.4, -0.2) is 4.40 Å². The Morgan fingerprint density at radius 2 is 2.25 bits per heavy atom. The number of fused-ring (bicyclic) bond motifs is 1. The normalized spacial score (nSPS) is 10.4. The molecule has 0 spiro atoms. The summed E-state index contributed by atoms with van der Waals surface area (Å²) < 4.78 is 1.58. The van der Waals surface area contributed by atoms with E-state index in [1.807, 2.05) is 25.1 Å². The van der Waals surface area contributed by atoms with Gasteiger partial charge in [-0.15, -0.1) is 0 Å². The van der Waals surface area contributed by atoms with E-state index < -0.39 is 0 Å². The SMILES string of the molecule is Cc1cc(=O)n2ccccc2[nH+]1. The Labute approximate surface area is 69.3 Å². The Morgan fingerprint density at radius 1 is 1.42 bits per heavy atom. The molecule has 3 nitrogen and oxygen atoms in total. The number of nitrogens with one attached hydrogen (secondary N) is 1. The van der Waals surface area contributed by atoms with E-state index in [1.165, 1.54) is 0 Å². The Bertz CT molecular complexity index is 473. The molecule has 0 aromatic carbocycles. The van der Waals surface area contributed by atoms with Crippen LogP contribution < -0.4 is 10.5 Å². The summed E-state index contributed by atoms with van der Waals surface area (Å²) in [6.07, 6.45) is 1.74. The monoisotopic (exact) mass is 161 g/mol. The van der Waals surface area contributed by atoms with Crippen molar-refractivity contribution < 1.29 is 4.98 Å². The van der Waals surface area contributed by atoms with Crippen LogP contribution in [0.15, 0.2) is 35.3 Å². The highest BCUT2D eigenvalue weighted by Crippen LogP contribution is 1.91. The number of aromatic nitrogens is 2.